The molecule has 2 unspecified atom stereocenters. The second-order valence-electron chi connectivity index (χ2n) is 10.2. The highest BCUT2D eigenvalue weighted by Crippen LogP contribution is 2.26. The van der Waals surface area contributed by atoms with E-state index in [2.05, 4.69) is 25.6 Å². The van der Waals surface area contributed by atoms with Gasteiger partial charge in [-0.05, 0) is 65.9 Å². The number of aromatic nitrogens is 1. The second kappa shape index (κ2) is 14.0. The van der Waals surface area contributed by atoms with Gasteiger partial charge in [-0.15, -0.1) is 0 Å². The molecule has 15 heteroatoms. The van der Waals surface area contributed by atoms with Crippen molar-refractivity contribution in [3.05, 3.63) is 76.9 Å². The number of guanidine groups is 1. The molecule has 2 heterocycles. The number of sulfonamides is 1. The summed E-state index contributed by atoms with van der Waals surface area (Å²) in [5.41, 5.74) is 7.44. The summed E-state index contributed by atoms with van der Waals surface area (Å²) < 4.78 is 53.7. The number of aromatic amines is 1. The Kier molecular flexibility index (Phi) is 10.6. The first-order valence-electron chi connectivity index (χ1n) is 13.3. The van der Waals surface area contributed by atoms with E-state index < -0.39 is 27.4 Å². The van der Waals surface area contributed by atoms with Crippen LogP contribution in [0.15, 0.2) is 76.2 Å². The Morgan fingerprint density at radius 1 is 1.21 bits per heavy atom. The summed E-state index contributed by atoms with van der Waals surface area (Å²) in [6.45, 7) is 1.10. The molecule has 3 aromatic carbocycles. The second-order valence-corrected chi connectivity index (χ2v) is 13.3. The van der Waals surface area contributed by atoms with Gasteiger partial charge < -0.3 is 20.5 Å². The van der Waals surface area contributed by atoms with Crippen LogP contribution in [0, 0.1) is 5.41 Å². The summed E-state index contributed by atoms with van der Waals surface area (Å²) in [6.07, 6.45) is 3.51. The van der Waals surface area contributed by atoms with Gasteiger partial charge in [0, 0.05) is 47.8 Å². The number of nitrogens with zero attached hydrogens (tertiary/aromatic N) is 2. The number of piperidine rings is 1. The van der Waals surface area contributed by atoms with Crippen molar-refractivity contribution < 1.29 is 26.5 Å². The lowest BCUT2D eigenvalue weighted by atomic mass is 10.0. The number of carbonyl (C=O) groups excluding carboxylic acids is 1. The molecule has 230 valence electrons. The summed E-state index contributed by atoms with van der Waals surface area (Å²) in [5, 5.41) is 10.5. The minimum absolute atomic E-state index is 0.0292. The van der Waals surface area contributed by atoms with Gasteiger partial charge in [0.25, 0.3) is 11.4 Å². The summed E-state index contributed by atoms with van der Waals surface area (Å²) in [5.74, 6) is -0.363. The van der Waals surface area contributed by atoms with Crippen LogP contribution in [0.3, 0.4) is 0 Å². The Labute approximate surface area is 260 Å². The minimum Gasteiger partial charge on any atom is -0.370 e. The van der Waals surface area contributed by atoms with Gasteiger partial charge in [-0.25, -0.2) is 8.42 Å². The molecule has 0 radical (unpaired) electrons. The predicted molar refractivity (Wildman–Crippen MR) is 170 cm³/mol. The number of amides is 1. The predicted octanol–water partition coefficient (Wildman–Crippen LogP) is 3.47. The molecular weight excluding hydrogens is 660 g/mol. The number of likely N-dealkylation sites (tertiary alicyclic amines) is 1. The third-order valence-electron chi connectivity index (χ3n) is 7.41. The first-order chi connectivity index (χ1) is 20.4. The quantitative estimate of drug-likeness (QED) is 0.0963. The molecule has 1 fully saturated rings. The maximum absolute atomic E-state index is 13.9. The number of rotatable bonds is 7. The fourth-order valence-corrected chi connectivity index (χ4v) is 6.81. The van der Waals surface area contributed by atoms with Crippen LogP contribution in [0.25, 0.3) is 21.7 Å². The molecule has 5 rings (SSSR count). The lowest BCUT2D eigenvalue weighted by Crippen LogP contribution is -2.56. The number of hydrogen-bond donors (Lipinski definition) is 6. The zero-order valence-electron chi connectivity index (χ0n) is 23.2. The maximum Gasteiger partial charge on any atom is 0.299 e. The Bertz CT molecular complexity index is 1760. The van der Waals surface area contributed by atoms with Crippen LogP contribution in [0.4, 0.5) is 0 Å². The molecule has 0 spiro atoms. The molecule has 7 N–H and O–H groups in total. The van der Waals surface area contributed by atoms with Crippen molar-refractivity contribution in [1.82, 2.24) is 19.5 Å². The number of halogens is 1. The van der Waals surface area contributed by atoms with Gasteiger partial charge in [0.2, 0.25) is 15.9 Å². The molecule has 4 aromatic rings. The zero-order chi connectivity index (χ0) is 31.3. The molecule has 1 amide bonds. The normalized spacial score (nSPS) is 16.1. The summed E-state index contributed by atoms with van der Waals surface area (Å²) >= 11 is 0.894. The van der Waals surface area contributed by atoms with E-state index in [0.29, 0.717) is 13.1 Å². The third-order valence-corrected chi connectivity index (χ3v) is 9.38. The number of carbonyl (C=O) groups is 1. The van der Waals surface area contributed by atoms with Crippen LogP contribution in [0.1, 0.15) is 18.4 Å². The van der Waals surface area contributed by atoms with E-state index in [9.17, 15) is 13.2 Å². The molecule has 0 aliphatic carbocycles. The highest BCUT2D eigenvalue weighted by Gasteiger charge is 2.34. The Hall–Kier alpha value is -3.34. The Morgan fingerprint density at radius 2 is 1.91 bits per heavy atom. The fourth-order valence-electron chi connectivity index (χ4n) is 5.22. The van der Waals surface area contributed by atoms with Crippen molar-refractivity contribution in [2.24, 2.45) is 5.73 Å². The molecule has 1 aliphatic rings. The van der Waals surface area contributed by atoms with Gasteiger partial charge in [-0.3, -0.25) is 19.3 Å². The molecule has 1 aromatic heterocycles. The third kappa shape index (κ3) is 8.19. The van der Waals surface area contributed by atoms with Gasteiger partial charge in [-0.2, -0.15) is 8.93 Å². The summed E-state index contributed by atoms with van der Waals surface area (Å²) in [4.78, 5) is 20.6. The van der Waals surface area contributed by atoms with E-state index in [4.69, 9.17) is 24.5 Å². The van der Waals surface area contributed by atoms with Crippen molar-refractivity contribution >= 4 is 70.9 Å². The first kappa shape index (κ1) is 32.6. The number of likely N-dealkylation sites (N-methyl/N-ethyl adjacent to an activating group) is 1. The number of nitrogens with one attached hydrogen (secondary N) is 3. The molecule has 0 bridgehead atoms. The highest BCUT2D eigenvalue weighted by molar-refractivity contribution is 9.10. The van der Waals surface area contributed by atoms with E-state index >= 15 is 0 Å². The minimum atomic E-state index is -4.03. The van der Waals surface area contributed by atoms with Crippen molar-refractivity contribution in [2.45, 2.75) is 36.2 Å². The lowest BCUT2D eigenvalue weighted by molar-refractivity contribution is -0.134. The lowest BCUT2D eigenvalue weighted by Gasteiger charge is -2.39. The van der Waals surface area contributed by atoms with Crippen LogP contribution in [0.5, 0.6) is 0 Å². The van der Waals surface area contributed by atoms with Crippen LogP contribution in [-0.2, 0) is 32.6 Å². The van der Waals surface area contributed by atoms with E-state index in [0.717, 1.165) is 44.6 Å². The monoisotopic (exact) mass is 692 g/mol. The van der Waals surface area contributed by atoms with Crippen molar-refractivity contribution in [2.75, 3.05) is 20.1 Å². The maximum atomic E-state index is 13.9. The first-order valence-corrected chi connectivity index (χ1v) is 16.6. The standard InChI is InChI=1S/C28H31BrN6O3S.H2O3S/c1-34(22-7-4-12-35(17-22)28(30)31)27(36)26(14-20-16-32-25-11-9-21(29)15-24(20)25)33-39(37,38)23-10-8-18-5-2-3-6-19(18)13-23;1-4(2)3/h2-3,5-6,8-11,13,15-16,22,26,32-33H,4,7,12,14,17H2,1H3,(H3,30,31);(H2,1,2,3). The van der Waals surface area contributed by atoms with Crippen molar-refractivity contribution in [1.29, 1.82) is 5.41 Å². The number of nitrogens with two attached hydrogens (primary N) is 1. The van der Waals surface area contributed by atoms with Crippen LogP contribution >= 0.6 is 15.9 Å². The molecule has 1 saturated heterocycles. The van der Waals surface area contributed by atoms with E-state index in [-0.39, 0.29) is 29.2 Å². The fraction of sp³-hybridized carbons (Fsp3) is 0.286. The van der Waals surface area contributed by atoms with Gasteiger partial charge in [0.1, 0.15) is 6.04 Å². The summed E-state index contributed by atoms with van der Waals surface area (Å²) in [6, 6.07) is 17.1. The molecule has 43 heavy (non-hydrogen) atoms. The molecular formula is C28H33BrN6O6S2. The van der Waals surface area contributed by atoms with Crippen LogP contribution < -0.4 is 10.5 Å². The van der Waals surface area contributed by atoms with E-state index in [1.54, 1.807) is 35.0 Å². The number of hydrogen-bond acceptors (Lipinski definition) is 5. The van der Waals surface area contributed by atoms with Crippen molar-refractivity contribution in [3.8, 4) is 0 Å². The van der Waals surface area contributed by atoms with Crippen molar-refractivity contribution in [3.63, 3.8) is 0 Å². The number of H-pyrrole nitrogens is 1. The smallest absolute Gasteiger partial charge is 0.299 e. The van der Waals surface area contributed by atoms with Crippen LogP contribution in [-0.4, -0.2) is 80.6 Å². The topological polar surface area (TPSA) is 193 Å². The Morgan fingerprint density at radius 3 is 2.60 bits per heavy atom. The highest BCUT2D eigenvalue weighted by atomic mass is 79.9. The average Bonchev–Trinajstić information content (AvgIpc) is 3.36. The molecule has 2 atom stereocenters. The van der Waals surface area contributed by atoms with E-state index in [1.165, 1.54) is 0 Å². The largest absolute Gasteiger partial charge is 0.370 e. The van der Waals surface area contributed by atoms with Gasteiger partial charge in [-0.1, -0.05) is 46.3 Å². The number of fused-ring (bicyclic) bond motifs is 2. The SMILES string of the molecule is CN(C(=O)C(Cc1c[nH]c2ccc(Br)cc12)NS(=O)(=O)c1ccc2ccccc2c1)C1CCCN(C(=N)N)C1.O=S(O)O. The summed E-state index contributed by atoms with van der Waals surface area (Å²) in [7, 11) is -2.34. The molecule has 0 saturated carbocycles. The number of benzene rings is 3. The molecule has 1 aliphatic heterocycles. The van der Waals surface area contributed by atoms with Gasteiger partial charge in [0.15, 0.2) is 5.96 Å². The van der Waals surface area contributed by atoms with Gasteiger partial charge in [0.05, 0.1) is 4.90 Å². The Balaban J connectivity index is 0.000000996. The average molecular weight is 694 g/mol. The van der Waals surface area contributed by atoms with E-state index in [1.807, 2.05) is 48.7 Å². The zero-order valence-corrected chi connectivity index (χ0v) is 26.5. The van der Waals surface area contributed by atoms with Gasteiger partial charge >= 0.3 is 0 Å². The van der Waals surface area contributed by atoms with Crippen LogP contribution in [0.2, 0.25) is 0 Å². The molecule has 12 nitrogen and oxygen atoms in total.